The van der Waals surface area contributed by atoms with Crippen molar-refractivity contribution >= 4 is 22.4 Å². The lowest BCUT2D eigenvalue weighted by Crippen LogP contribution is -2.08. The summed E-state index contributed by atoms with van der Waals surface area (Å²) in [5, 5.41) is 21.2. The fraction of sp³-hybridized carbons (Fsp3) is 0.0833. The second-order valence-corrected chi connectivity index (χ2v) is 4.85. The van der Waals surface area contributed by atoms with Gasteiger partial charge in [-0.3, -0.25) is 0 Å². The minimum absolute atomic E-state index is 0.0877. The fourth-order valence-corrected chi connectivity index (χ4v) is 2.54. The van der Waals surface area contributed by atoms with Gasteiger partial charge in [0, 0.05) is 5.56 Å². The van der Waals surface area contributed by atoms with E-state index in [1.54, 1.807) is 17.4 Å². The molecular formula is C12H11N3O2S. The Morgan fingerprint density at radius 1 is 1.33 bits per heavy atom. The number of fused-ring (bicyclic) bond motifs is 1. The highest BCUT2D eigenvalue weighted by Crippen LogP contribution is 2.31. The van der Waals surface area contributed by atoms with E-state index in [4.69, 9.17) is 5.73 Å². The molecule has 0 aliphatic heterocycles. The van der Waals surface area contributed by atoms with Crippen LogP contribution in [0.25, 0.3) is 21.7 Å². The van der Waals surface area contributed by atoms with Gasteiger partial charge in [-0.15, -0.1) is 11.3 Å². The first-order chi connectivity index (χ1) is 8.66. The Bertz CT molecular complexity index is 689. The van der Waals surface area contributed by atoms with Gasteiger partial charge >= 0.3 is 0 Å². The average Bonchev–Trinajstić information content (AvgIpc) is 2.97. The molecule has 92 valence electrons. The number of aliphatic hydroxyl groups is 1. The normalized spacial score (nSPS) is 13.0. The summed E-state index contributed by atoms with van der Waals surface area (Å²) in [6.07, 6.45) is -1.12. The van der Waals surface area contributed by atoms with Gasteiger partial charge in [-0.05, 0) is 23.6 Å². The van der Waals surface area contributed by atoms with Crippen molar-refractivity contribution in [2.24, 2.45) is 5.73 Å². The fourth-order valence-electron chi connectivity index (χ4n) is 1.87. The summed E-state index contributed by atoms with van der Waals surface area (Å²) in [6, 6.07) is 6.91. The van der Waals surface area contributed by atoms with E-state index in [0.29, 0.717) is 22.4 Å². The number of thiophene rings is 1. The van der Waals surface area contributed by atoms with Crippen LogP contribution in [0.5, 0.6) is 5.75 Å². The summed E-state index contributed by atoms with van der Waals surface area (Å²) in [7, 11) is 0. The number of rotatable bonds is 2. The number of phenolic OH excluding ortho intramolecular Hbond substituents is 1. The molecule has 0 bridgehead atoms. The number of imidazole rings is 1. The Morgan fingerprint density at radius 3 is 2.83 bits per heavy atom. The van der Waals surface area contributed by atoms with E-state index in [1.807, 2.05) is 17.5 Å². The number of benzene rings is 1. The van der Waals surface area contributed by atoms with E-state index < -0.39 is 6.23 Å². The van der Waals surface area contributed by atoms with Crippen molar-refractivity contribution in [1.29, 1.82) is 0 Å². The maximum absolute atomic E-state index is 9.80. The van der Waals surface area contributed by atoms with Gasteiger partial charge in [-0.1, -0.05) is 6.07 Å². The molecule has 6 heteroatoms. The quantitative estimate of drug-likeness (QED) is 0.530. The highest BCUT2D eigenvalue weighted by Gasteiger charge is 2.15. The maximum atomic E-state index is 9.80. The highest BCUT2D eigenvalue weighted by atomic mass is 32.1. The molecule has 1 aromatic carbocycles. The first-order valence-corrected chi connectivity index (χ1v) is 6.24. The van der Waals surface area contributed by atoms with Gasteiger partial charge in [0.25, 0.3) is 0 Å². The Kier molecular flexibility index (Phi) is 2.55. The lowest BCUT2D eigenvalue weighted by molar-refractivity contribution is 0.187. The first-order valence-electron chi connectivity index (χ1n) is 5.36. The topological polar surface area (TPSA) is 95.2 Å². The van der Waals surface area contributed by atoms with Gasteiger partial charge in [0.1, 0.15) is 23.3 Å². The van der Waals surface area contributed by atoms with Crippen molar-refractivity contribution in [2.75, 3.05) is 0 Å². The molecule has 0 saturated carbocycles. The lowest BCUT2D eigenvalue weighted by Gasteiger charge is -2.05. The van der Waals surface area contributed by atoms with E-state index in [9.17, 15) is 10.2 Å². The van der Waals surface area contributed by atoms with Crippen LogP contribution < -0.4 is 5.73 Å². The van der Waals surface area contributed by atoms with Gasteiger partial charge in [-0.25, -0.2) is 4.98 Å². The van der Waals surface area contributed by atoms with Crippen LogP contribution in [0.15, 0.2) is 29.6 Å². The van der Waals surface area contributed by atoms with Gasteiger partial charge in [-0.2, -0.15) is 0 Å². The number of hydrogen-bond donors (Lipinski definition) is 4. The molecule has 0 amide bonds. The van der Waals surface area contributed by atoms with E-state index in [-0.39, 0.29) is 5.75 Å². The van der Waals surface area contributed by atoms with Crippen LogP contribution >= 0.6 is 11.3 Å². The van der Waals surface area contributed by atoms with Gasteiger partial charge in [0.05, 0.1) is 10.4 Å². The molecule has 18 heavy (non-hydrogen) atoms. The molecule has 1 unspecified atom stereocenters. The monoisotopic (exact) mass is 261 g/mol. The molecule has 0 spiro atoms. The Morgan fingerprint density at radius 2 is 2.17 bits per heavy atom. The van der Waals surface area contributed by atoms with Gasteiger partial charge < -0.3 is 20.9 Å². The third-order valence-electron chi connectivity index (χ3n) is 2.73. The molecule has 3 rings (SSSR count). The average molecular weight is 261 g/mol. The number of aliphatic hydroxyl groups excluding tert-OH is 1. The summed E-state index contributed by atoms with van der Waals surface area (Å²) in [4.78, 5) is 8.40. The zero-order chi connectivity index (χ0) is 12.7. The molecule has 0 saturated heterocycles. The molecule has 2 aromatic heterocycles. The predicted molar refractivity (Wildman–Crippen MR) is 70.2 cm³/mol. The molecule has 0 fully saturated rings. The molecule has 5 N–H and O–H groups in total. The lowest BCUT2D eigenvalue weighted by atomic mass is 10.1. The van der Waals surface area contributed by atoms with Crippen LogP contribution in [-0.4, -0.2) is 20.2 Å². The van der Waals surface area contributed by atoms with Crippen molar-refractivity contribution in [2.45, 2.75) is 6.23 Å². The van der Waals surface area contributed by atoms with Crippen LogP contribution in [0.1, 0.15) is 11.8 Å². The predicted octanol–water partition coefficient (Wildman–Crippen LogP) is 1.95. The number of H-pyrrole nitrogens is 1. The third-order valence-corrected chi connectivity index (χ3v) is 3.60. The number of nitrogens with two attached hydrogens (primary N) is 1. The van der Waals surface area contributed by atoms with Crippen LogP contribution in [0.4, 0.5) is 0 Å². The number of aromatic hydroxyl groups is 1. The largest absolute Gasteiger partial charge is 0.506 e. The second kappa shape index (κ2) is 4.09. The van der Waals surface area contributed by atoms with Gasteiger partial charge in [0.2, 0.25) is 0 Å². The van der Waals surface area contributed by atoms with E-state index in [2.05, 4.69) is 9.97 Å². The van der Waals surface area contributed by atoms with Crippen molar-refractivity contribution in [3.8, 4) is 16.5 Å². The van der Waals surface area contributed by atoms with Crippen molar-refractivity contribution < 1.29 is 10.2 Å². The summed E-state index contributed by atoms with van der Waals surface area (Å²) in [5.41, 5.74) is 6.95. The minimum atomic E-state index is -1.12. The summed E-state index contributed by atoms with van der Waals surface area (Å²) in [6.45, 7) is 0. The zero-order valence-electron chi connectivity index (χ0n) is 9.29. The van der Waals surface area contributed by atoms with Crippen LogP contribution in [0.2, 0.25) is 0 Å². The maximum Gasteiger partial charge on any atom is 0.148 e. The Hall–Kier alpha value is -1.89. The van der Waals surface area contributed by atoms with Crippen molar-refractivity contribution in [3.05, 3.63) is 35.2 Å². The molecule has 3 aromatic rings. The Labute approximate surface area is 107 Å². The molecule has 0 aliphatic rings. The number of aromatic nitrogens is 2. The number of nitrogens with zero attached hydrogens (tertiary/aromatic N) is 1. The zero-order valence-corrected chi connectivity index (χ0v) is 10.1. The summed E-state index contributed by atoms with van der Waals surface area (Å²) < 4.78 is 0. The van der Waals surface area contributed by atoms with Crippen molar-refractivity contribution in [1.82, 2.24) is 9.97 Å². The SMILES string of the molecule is NC(O)c1ccc(O)c2[nH]c(-c3cccs3)nc12. The first kappa shape index (κ1) is 11.2. The second-order valence-electron chi connectivity index (χ2n) is 3.91. The smallest absolute Gasteiger partial charge is 0.148 e. The number of aromatic amines is 1. The van der Waals surface area contributed by atoms with Crippen molar-refractivity contribution in [3.63, 3.8) is 0 Å². The molecule has 0 radical (unpaired) electrons. The number of nitrogens with one attached hydrogen (secondary N) is 1. The number of hydrogen-bond acceptors (Lipinski definition) is 5. The van der Waals surface area contributed by atoms with Gasteiger partial charge in [0.15, 0.2) is 0 Å². The summed E-state index contributed by atoms with van der Waals surface area (Å²) >= 11 is 1.54. The van der Waals surface area contributed by atoms with E-state index in [0.717, 1.165) is 4.88 Å². The van der Waals surface area contributed by atoms with Crippen LogP contribution in [-0.2, 0) is 0 Å². The molecule has 1 atom stereocenters. The third kappa shape index (κ3) is 1.67. The van der Waals surface area contributed by atoms with E-state index >= 15 is 0 Å². The van der Waals surface area contributed by atoms with E-state index in [1.165, 1.54) is 6.07 Å². The minimum Gasteiger partial charge on any atom is -0.506 e. The summed E-state index contributed by atoms with van der Waals surface area (Å²) in [5.74, 6) is 0.744. The number of phenols is 1. The van der Waals surface area contributed by atoms with Crippen LogP contribution in [0, 0.1) is 0 Å². The standard InChI is InChI=1S/C12H11N3O2S/c13-11(17)6-3-4-7(16)10-9(6)14-12(15-10)8-2-1-5-18-8/h1-5,11,16-17H,13H2,(H,14,15). The van der Waals surface area contributed by atoms with Crippen LogP contribution in [0.3, 0.4) is 0 Å². The molecular weight excluding hydrogens is 250 g/mol. The molecule has 2 heterocycles. The Balaban J connectivity index is 2.28. The molecule has 0 aliphatic carbocycles. The highest BCUT2D eigenvalue weighted by molar-refractivity contribution is 7.13. The molecule has 5 nitrogen and oxygen atoms in total.